The zero-order valence-electron chi connectivity index (χ0n) is 25.7. The summed E-state index contributed by atoms with van der Waals surface area (Å²) < 4.78 is 34.1. The minimum Gasteiger partial charge on any atom is -0.469 e. The van der Waals surface area contributed by atoms with Crippen molar-refractivity contribution in [2.75, 3.05) is 5.32 Å². The number of rotatable bonds is 6. The third kappa shape index (κ3) is 4.55. The van der Waals surface area contributed by atoms with Gasteiger partial charge in [-0.2, -0.15) is 0 Å². The molecular formula is C34H35FN4O6. The summed E-state index contributed by atoms with van der Waals surface area (Å²) >= 11 is 0. The Hall–Kier alpha value is -4.51. The summed E-state index contributed by atoms with van der Waals surface area (Å²) in [5.41, 5.74) is 2.50. The summed E-state index contributed by atoms with van der Waals surface area (Å²) in [6.07, 6.45) is -0.310. The molecule has 0 radical (unpaired) electrons. The maximum Gasteiger partial charge on any atom is 0.249 e. The van der Waals surface area contributed by atoms with Crippen LogP contribution in [-0.2, 0) is 21.4 Å². The lowest BCUT2D eigenvalue weighted by Crippen LogP contribution is -2.41. The zero-order valence-corrected chi connectivity index (χ0v) is 25.7. The molecule has 0 aliphatic carbocycles. The quantitative estimate of drug-likeness (QED) is 0.267. The van der Waals surface area contributed by atoms with Gasteiger partial charge in [-0.25, -0.2) is 14.4 Å². The van der Waals surface area contributed by atoms with Gasteiger partial charge in [-0.3, -0.25) is 9.59 Å². The van der Waals surface area contributed by atoms with Crippen molar-refractivity contribution < 1.29 is 32.7 Å². The molecule has 7 rings (SSSR count). The maximum atomic E-state index is 15.0. The van der Waals surface area contributed by atoms with E-state index in [0.29, 0.717) is 39.7 Å². The molecule has 5 atom stereocenters. The Morgan fingerprint density at radius 3 is 2.62 bits per heavy atom. The first kappa shape index (κ1) is 29.2. The topological polar surface area (TPSA) is 140 Å². The summed E-state index contributed by atoms with van der Waals surface area (Å²) in [6.45, 7) is 9.19. The van der Waals surface area contributed by atoms with Gasteiger partial charge in [-0.05, 0) is 55.0 Å². The van der Waals surface area contributed by atoms with E-state index in [2.05, 4.69) is 15.6 Å². The van der Waals surface area contributed by atoms with E-state index in [1.54, 1.807) is 26.8 Å². The molecule has 234 valence electrons. The maximum absolute atomic E-state index is 15.0. The van der Waals surface area contributed by atoms with Gasteiger partial charge in [0, 0.05) is 29.2 Å². The highest BCUT2D eigenvalue weighted by Gasteiger charge is 2.61. The van der Waals surface area contributed by atoms with Crippen molar-refractivity contribution in [3.63, 3.8) is 0 Å². The number of ketones is 1. The fraction of sp³-hybridized carbons (Fsp3) is 0.412. The van der Waals surface area contributed by atoms with Crippen LogP contribution >= 0.6 is 0 Å². The third-order valence-corrected chi connectivity index (χ3v) is 9.12. The van der Waals surface area contributed by atoms with Crippen LogP contribution in [0.2, 0.25) is 0 Å². The predicted octanol–water partition coefficient (Wildman–Crippen LogP) is 5.22. The summed E-state index contributed by atoms with van der Waals surface area (Å²) in [7, 11) is 0. The van der Waals surface area contributed by atoms with Crippen LogP contribution in [0.15, 0.2) is 51.5 Å². The molecular weight excluding hydrogens is 579 g/mol. The van der Waals surface area contributed by atoms with E-state index >= 15 is 4.39 Å². The van der Waals surface area contributed by atoms with Gasteiger partial charge in [0.1, 0.15) is 35.4 Å². The Labute approximate surface area is 259 Å². The molecule has 0 saturated carbocycles. The molecule has 45 heavy (non-hydrogen) atoms. The molecule has 2 aromatic carbocycles. The molecule has 2 aromatic heterocycles. The summed E-state index contributed by atoms with van der Waals surface area (Å²) in [5.74, 6) is -1.08. The number of carbonyl (C=O) groups excluding carboxylic acids is 2. The second kappa shape index (κ2) is 10.5. The lowest BCUT2D eigenvalue weighted by molar-refractivity contribution is -0.135. The number of hydrogen-bond donors (Lipinski definition) is 3. The second-order valence-corrected chi connectivity index (χ2v) is 13.0. The van der Waals surface area contributed by atoms with Crippen LogP contribution in [-0.4, -0.2) is 39.1 Å². The van der Waals surface area contributed by atoms with E-state index in [-0.39, 0.29) is 42.4 Å². The van der Waals surface area contributed by atoms with Crippen molar-refractivity contribution in [2.24, 2.45) is 17.8 Å². The van der Waals surface area contributed by atoms with Gasteiger partial charge in [-0.1, -0.05) is 39.8 Å². The van der Waals surface area contributed by atoms with Crippen molar-refractivity contribution in [3.05, 3.63) is 82.5 Å². The molecule has 3 aliphatic rings. The third-order valence-electron chi connectivity index (χ3n) is 9.12. The van der Waals surface area contributed by atoms with E-state index in [1.807, 2.05) is 32.0 Å². The number of anilines is 1. The van der Waals surface area contributed by atoms with Crippen molar-refractivity contribution in [2.45, 2.75) is 71.2 Å². The number of aliphatic hydroxyl groups is 1. The number of fused-ring (bicyclic) bond motifs is 4. The molecule has 1 spiro atoms. The number of aromatic nitrogens is 2. The fourth-order valence-corrected chi connectivity index (χ4v) is 6.78. The summed E-state index contributed by atoms with van der Waals surface area (Å²) in [4.78, 5) is 36.5. The Bertz CT molecular complexity index is 1830. The van der Waals surface area contributed by atoms with Crippen LogP contribution in [0.25, 0.3) is 11.6 Å². The molecule has 11 heteroatoms. The molecule has 4 aromatic rings. The number of nitrogens with one attached hydrogen (secondary N) is 2. The van der Waals surface area contributed by atoms with Crippen LogP contribution in [0.5, 0.6) is 5.75 Å². The molecule has 4 bridgehead atoms. The predicted molar refractivity (Wildman–Crippen MR) is 161 cm³/mol. The Kier molecular flexibility index (Phi) is 6.85. The van der Waals surface area contributed by atoms with Gasteiger partial charge in [-0.15, -0.1) is 0 Å². The van der Waals surface area contributed by atoms with Crippen molar-refractivity contribution >= 4 is 17.4 Å². The van der Waals surface area contributed by atoms with Gasteiger partial charge < -0.3 is 29.3 Å². The van der Waals surface area contributed by atoms with Crippen LogP contribution in [0.4, 0.5) is 10.1 Å². The van der Waals surface area contributed by atoms with E-state index in [0.717, 1.165) is 5.56 Å². The highest BCUT2D eigenvalue weighted by Crippen LogP contribution is 2.59. The van der Waals surface area contributed by atoms with Crippen molar-refractivity contribution in [1.82, 2.24) is 15.3 Å². The lowest BCUT2D eigenvalue weighted by Gasteiger charge is -2.28. The van der Waals surface area contributed by atoms with Gasteiger partial charge in [0.2, 0.25) is 17.7 Å². The SMILES string of the molecule is Cc1coc(-c2nc3oc2C24c5cc(F)ccc5N[C@H]2Oc2ccc(cc24)C[C@H](CC(=O)[C@@H](O)C(C)C)C(=O)N[C@H]3C(C)C)n1. The van der Waals surface area contributed by atoms with Crippen LogP contribution in [0.3, 0.4) is 0 Å². The standard InChI is InChI=1S/C34H35FN4O6/c1-15(2)26-32-39-27(31-36-17(5)14-43-31)29(45-32)34-21-13-20(35)7-8-23(21)37-33(34)44-25-9-6-18(11-22(25)34)10-19(30(42)38-26)12-24(40)28(41)16(3)4/h6-9,11,13-16,19,26,28,33,37,41H,10,12H2,1-5H3,(H,38,42)/t19-,26+,28+,33+,34?/m1/s1. The Balaban J connectivity index is 1.49. The number of amides is 1. The summed E-state index contributed by atoms with van der Waals surface area (Å²) in [5, 5.41) is 17.0. The number of halogens is 1. The normalized spacial score (nSPS) is 23.8. The molecule has 5 heterocycles. The zero-order chi connectivity index (χ0) is 31.8. The molecule has 0 saturated heterocycles. The lowest BCUT2D eigenvalue weighted by atomic mass is 9.72. The average molecular weight is 615 g/mol. The van der Waals surface area contributed by atoms with Crippen molar-refractivity contribution in [1.29, 1.82) is 0 Å². The van der Waals surface area contributed by atoms with Gasteiger partial charge in [0.15, 0.2) is 23.5 Å². The van der Waals surface area contributed by atoms with E-state index in [4.69, 9.17) is 18.6 Å². The molecule has 0 fully saturated rings. The second-order valence-electron chi connectivity index (χ2n) is 13.0. The molecule has 1 amide bonds. The molecule has 1 unspecified atom stereocenters. The number of benzene rings is 2. The van der Waals surface area contributed by atoms with E-state index in [1.165, 1.54) is 18.4 Å². The van der Waals surface area contributed by atoms with Crippen LogP contribution < -0.4 is 15.4 Å². The minimum atomic E-state index is -1.20. The first-order valence-electron chi connectivity index (χ1n) is 15.3. The highest BCUT2D eigenvalue weighted by molar-refractivity contribution is 5.89. The molecule has 10 nitrogen and oxygen atoms in total. The number of carbonyl (C=O) groups is 2. The smallest absolute Gasteiger partial charge is 0.249 e. The molecule has 3 aliphatic heterocycles. The largest absolute Gasteiger partial charge is 0.469 e. The first-order valence-corrected chi connectivity index (χ1v) is 15.3. The average Bonchev–Trinajstić information content (AvgIpc) is 3.75. The van der Waals surface area contributed by atoms with Crippen LogP contribution in [0.1, 0.15) is 74.2 Å². The number of hydrogen-bond acceptors (Lipinski definition) is 9. The summed E-state index contributed by atoms with van der Waals surface area (Å²) in [6, 6.07) is 9.45. The Morgan fingerprint density at radius 2 is 1.91 bits per heavy atom. The first-order chi connectivity index (χ1) is 21.5. The van der Waals surface area contributed by atoms with Gasteiger partial charge in [0.25, 0.3) is 0 Å². The van der Waals surface area contributed by atoms with Crippen molar-refractivity contribution in [3.8, 4) is 17.3 Å². The molecule has 3 N–H and O–H groups in total. The van der Waals surface area contributed by atoms with Gasteiger partial charge in [0.05, 0.1) is 5.69 Å². The fourth-order valence-electron chi connectivity index (χ4n) is 6.78. The minimum absolute atomic E-state index is 0.148. The Morgan fingerprint density at radius 1 is 1.11 bits per heavy atom. The number of aryl methyl sites for hydroxylation is 1. The number of Topliss-reactive ketones (excluding diaryl/α,β-unsaturated/α-hetero) is 1. The number of aliphatic hydroxyl groups excluding tert-OH is 1. The highest BCUT2D eigenvalue weighted by atomic mass is 19.1. The van der Waals surface area contributed by atoms with E-state index < -0.39 is 41.3 Å². The number of oxazole rings is 2. The monoisotopic (exact) mass is 614 g/mol. The van der Waals surface area contributed by atoms with Gasteiger partial charge >= 0.3 is 0 Å². The van der Waals surface area contributed by atoms with E-state index in [9.17, 15) is 14.7 Å². The number of ether oxygens (including phenoxy) is 1. The van der Waals surface area contributed by atoms with Crippen LogP contribution in [0, 0.1) is 30.5 Å². The number of nitrogens with zero attached hydrogens (tertiary/aromatic N) is 2.